The minimum atomic E-state index is 1.07. The summed E-state index contributed by atoms with van der Waals surface area (Å²) in [5, 5.41) is 0. The second kappa shape index (κ2) is 17.6. The summed E-state index contributed by atoms with van der Waals surface area (Å²) in [7, 11) is 0. The highest BCUT2D eigenvalue weighted by Gasteiger charge is 2.22. The summed E-state index contributed by atoms with van der Waals surface area (Å²) < 4.78 is 0. The highest BCUT2D eigenvalue weighted by atomic mass is 15.2. The van der Waals surface area contributed by atoms with Crippen LogP contribution in [0.5, 0.6) is 0 Å². The van der Waals surface area contributed by atoms with E-state index in [4.69, 9.17) is 0 Å². The smallest absolute Gasteiger partial charge is 0.0540 e. The fraction of sp³-hybridized carbons (Fsp3) is 0. The molecule has 0 saturated carbocycles. The molecule has 0 fully saturated rings. The lowest BCUT2D eigenvalue weighted by atomic mass is 9.97. The lowest BCUT2D eigenvalue weighted by Gasteiger charge is -2.31. The van der Waals surface area contributed by atoms with Crippen molar-refractivity contribution in [1.82, 2.24) is 0 Å². The first-order valence-corrected chi connectivity index (χ1v) is 21.2. The van der Waals surface area contributed by atoms with Crippen molar-refractivity contribution in [2.75, 3.05) is 9.80 Å². The molecule has 0 N–H and O–H groups in total. The van der Waals surface area contributed by atoms with E-state index in [-0.39, 0.29) is 0 Å². The topological polar surface area (TPSA) is 6.48 Å². The van der Waals surface area contributed by atoms with E-state index >= 15 is 0 Å². The van der Waals surface area contributed by atoms with Crippen LogP contribution >= 0.6 is 0 Å². The average Bonchev–Trinajstić information content (AvgIpc) is 3.36. The van der Waals surface area contributed by atoms with E-state index in [9.17, 15) is 0 Å². The third-order valence-corrected chi connectivity index (χ3v) is 11.5. The molecule has 62 heavy (non-hydrogen) atoms. The predicted octanol–water partition coefficient (Wildman–Crippen LogP) is 17.0. The largest absolute Gasteiger partial charge is 0.310 e. The molecule has 0 unspecified atom stereocenters. The van der Waals surface area contributed by atoms with Gasteiger partial charge in [-0.05, 0) is 105 Å². The van der Waals surface area contributed by atoms with Gasteiger partial charge < -0.3 is 9.80 Å². The Kier molecular flexibility index (Phi) is 10.8. The second-order valence-electron chi connectivity index (χ2n) is 15.4. The average molecular weight is 793 g/mol. The normalized spacial score (nSPS) is 10.9. The summed E-state index contributed by atoms with van der Waals surface area (Å²) in [6.45, 7) is 0. The number of nitrogens with zero attached hydrogens (tertiary/aromatic N) is 2. The van der Waals surface area contributed by atoms with Crippen LogP contribution in [0.25, 0.3) is 55.6 Å². The molecule has 0 heterocycles. The Morgan fingerprint density at radius 3 is 0.677 bits per heavy atom. The maximum Gasteiger partial charge on any atom is 0.0540 e. The predicted molar refractivity (Wildman–Crippen MR) is 263 cm³/mol. The molecule has 2 nitrogen and oxygen atoms in total. The van der Waals surface area contributed by atoms with Crippen molar-refractivity contribution in [2.45, 2.75) is 0 Å². The summed E-state index contributed by atoms with van der Waals surface area (Å²) in [6.07, 6.45) is 0. The van der Waals surface area contributed by atoms with E-state index in [0.717, 1.165) is 45.3 Å². The monoisotopic (exact) mass is 792 g/mol. The van der Waals surface area contributed by atoms with Gasteiger partial charge in [-0.15, -0.1) is 0 Å². The van der Waals surface area contributed by atoms with Crippen LogP contribution in [0.1, 0.15) is 0 Å². The first-order valence-electron chi connectivity index (χ1n) is 21.2. The van der Waals surface area contributed by atoms with Crippen molar-refractivity contribution in [2.24, 2.45) is 0 Å². The van der Waals surface area contributed by atoms with Gasteiger partial charge in [0.05, 0.1) is 11.4 Å². The molecule has 0 bridgehead atoms. The van der Waals surface area contributed by atoms with Crippen molar-refractivity contribution < 1.29 is 0 Å². The fourth-order valence-corrected chi connectivity index (χ4v) is 8.38. The molecule has 0 aromatic heterocycles. The Morgan fingerprint density at radius 1 is 0.161 bits per heavy atom. The zero-order chi connectivity index (χ0) is 41.5. The van der Waals surface area contributed by atoms with Crippen molar-refractivity contribution in [3.63, 3.8) is 0 Å². The van der Waals surface area contributed by atoms with Crippen LogP contribution in [0, 0.1) is 0 Å². The minimum absolute atomic E-state index is 1.07. The lowest BCUT2D eigenvalue weighted by molar-refractivity contribution is 1.27. The van der Waals surface area contributed by atoms with Crippen LogP contribution in [0.15, 0.2) is 267 Å². The standard InChI is InChI=1S/C60H44N2/c1-5-17-45(18-6-1)48-29-31-49(32-30-48)52-37-43-56(44-38-52)62(55-41-35-51(36-42-55)47-21-9-3-10-22-47)60-28-16-14-26-58(60)57-25-13-15-27-59(57)61(53-23-11-4-12-24-53)54-39-33-50(34-40-54)46-19-7-2-8-20-46/h1-44H. The third kappa shape index (κ3) is 7.93. The van der Waals surface area contributed by atoms with Gasteiger partial charge in [-0.25, -0.2) is 0 Å². The van der Waals surface area contributed by atoms with E-state index in [1.807, 2.05) is 0 Å². The molecule has 2 heteroatoms. The van der Waals surface area contributed by atoms with Gasteiger partial charge in [0.25, 0.3) is 0 Å². The van der Waals surface area contributed by atoms with E-state index in [1.165, 1.54) is 44.5 Å². The molecule has 0 amide bonds. The molecular weight excluding hydrogens is 749 g/mol. The summed E-state index contributed by atoms with van der Waals surface area (Å²) in [6, 6.07) is 95.6. The molecule has 0 aliphatic rings. The number of hydrogen-bond donors (Lipinski definition) is 0. The van der Waals surface area contributed by atoms with Gasteiger partial charge in [0, 0.05) is 33.9 Å². The van der Waals surface area contributed by atoms with Crippen molar-refractivity contribution in [3.8, 4) is 55.6 Å². The maximum absolute atomic E-state index is 2.39. The van der Waals surface area contributed by atoms with Crippen molar-refractivity contribution in [1.29, 1.82) is 0 Å². The molecule has 0 spiro atoms. The first-order chi connectivity index (χ1) is 30.8. The summed E-state index contributed by atoms with van der Waals surface area (Å²) in [5.41, 5.74) is 18.3. The molecule has 294 valence electrons. The van der Waals surface area contributed by atoms with E-state index in [1.54, 1.807) is 0 Å². The number of hydrogen-bond acceptors (Lipinski definition) is 2. The molecule has 10 aromatic rings. The van der Waals surface area contributed by atoms with Gasteiger partial charge in [0.2, 0.25) is 0 Å². The lowest BCUT2D eigenvalue weighted by Crippen LogP contribution is -2.13. The van der Waals surface area contributed by atoms with Crippen LogP contribution in [0.4, 0.5) is 34.1 Å². The van der Waals surface area contributed by atoms with Crippen LogP contribution in [-0.4, -0.2) is 0 Å². The molecule has 0 radical (unpaired) electrons. The summed E-state index contributed by atoms with van der Waals surface area (Å²) >= 11 is 0. The number of anilines is 6. The van der Waals surface area contributed by atoms with Gasteiger partial charge in [0.15, 0.2) is 0 Å². The van der Waals surface area contributed by atoms with Gasteiger partial charge in [-0.3, -0.25) is 0 Å². The summed E-state index contributed by atoms with van der Waals surface area (Å²) in [5.74, 6) is 0. The zero-order valence-corrected chi connectivity index (χ0v) is 34.3. The number of rotatable bonds is 11. The highest BCUT2D eigenvalue weighted by molar-refractivity contribution is 5.96. The molecule has 0 aliphatic heterocycles. The molecule has 0 aliphatic carbocycles. The molecule has 0 saturated heterocycles. The molecule has 0 atom stereocenters. The SMILES string of the molecule is c1ccc(-c2ccc(-c3ccc(N(c4ccc(-c5ccccc5)cc4)c4ccccc4-c4ccccc4N(c4ccccc4)c4ccc(-c5ccccc5)cc4)cc3)cc2)cc1. The van der Waals surface area contributed by atoms with Crippen LogP contribution < -0.4 is 9.80 Å². The maximum atomic E-state index is 2.39. The van der Waals surface area contributed by atoms with Crippen molar-refractivity contribution >= 4 is 34.1 Å². The van der Waals surface area contributed by atoms with Gasteiger partial charge in [-0.2, -0.15) is 0 Å². The molecular formula is C60H44N2. The van der Waals surface area contributed by atoms with Crippen LogP contribution in [-0.2, 0) is 0 Å². The zero-order valence-electron chi connectivity index (χ0n) is 34.3. The van der Waals surface area contributed by atoms with E-state index < -0.39 is 0 Å². The minimum Gasteiger partial charge on any atom is -0.310 e. The fourth-order valence-electron chi connectivity index (χ4n) is 8.38. The second-order valence-corrected chi connectivity index (χ2v) is 15.4. The Hall–Kier alpha value is -8.20. The highest BCUT2D eigenvalue weighted by Crippen LogP contribution is 2.47. The molecule has 10 rings (SSSR count). The van der Waals surface area contributed by atoms with Gasteiger partial charge in [0.1, 0.15) is 0 Å². The molecule has 10 aromatic carbocycles. The Morgan fingerprint density at radius 2 is 0.371 bits per heavy atom. The Labute approximate surface area is 364 Å². The Balaban J connectivity index is 1.08. The van der Waals surface area contributed by atoms with Crippen molar-refractivity contribution in [3.05, 3.63) is 267 Å². The first kappa shape index (κ1) is 38.0. The van der Waals surface area contributed by atoms with Crippen LogP contribution in [0.3, 0.4) is 0 Å². The quantitative estimate of drug-likeness (QED) is 0.129. The van der Waals surface area contributed by atoms with Crippen LogP contribution in [0.2, 0.25) is 0 Å². The number of para-hydroxylation sites is 3. The van der Waals surface area contributed by atoms with E-state index in [2.05, 4.69) is 277 Å². The van der Waals surface area contributed by atoms with E-state index in [0.29, 0.717) is 0 Å². The summed E-state index contributed by atoms with van der Waals surface area (Å²) in [4.78, 5) is 4.77. The van der Waals surface area contributed by atoms with Gasteiger partial charge >= 0.3 is 0 Å². The van der Waals surface area contributed by atoms with Gasteiger partial charge in [-0.1, -0.05) is 206 Å². The number of benzene rings is 10. The Bertz CT molecular complexity index is 3000. The third-order valence-electron chi connectivity index (χ3n) is 11.5.